The summed E-state index contributed by atoms with van der Waals surface area (Å²) in [6.07, 6.45) is 7.38. The number of ketones is 1. The van der Waals surface area contributed by atoms with E-state index in [2.05, 4.69) is 68.5 Å². The zero-order valence-corrected chi connectivity index (χ0v) is 23.1. The van der Waals surface area contributed by atoms with Crippen LogP contribution in [0.4, 0.5) is 0 Å². The quantitative estimate of drug-likeness (QED) is 0.308. The number of allylic oxidation sites excluding steroid dienone is 5. The highest BCUT2D eigenvalue weighted by Crippen LogP contribution is 2.72. The molecule has 4 nitrogen and oxygen atoms in total. The van der Waals surface area contributed by atoms with Crippen molar-refractivity contribution in [1.82, 2.24) is 0 Å². The smallest absolute Gasteiger partial charge is 0.163 e. The Balaban J connectivity index is 1.75. The maximum absolute atomic E-state index is 13.9. The summed E-state index contributed by atoms with van der Waals surface area (Å²) in [7, 11) is 3.29. The molecule has 4 atom stereocenters. The summed E-state index contributed by atoms with van der Waals surface area (Å²) in [6.45, 7) is 4.10. The lowest BCUT2D eigenvalue weighted by atomic mass is 9.40. The molecule has 0 spiro atoms. The van der Waals surface area contributed by atoms with Crippen molar-refractivity contribution in [3.05, 3.63) is 125 Å². The summed E-state index contributed by atoms with van der Waals surface area (Å²) in [5, 5.41) is 10.6. The number of rotatable bonds is 8. The Morgan fingerprint density at radius 1 is 0.923 bits per heavy atom. The Kier molecular flexibility index (Phi) is 7.47. The second kappa shape index (κ2) is 11.0. The minimum atomic E-state index is -0.536. The van der Waals surface area contributed by atoms with Crippen LogP contribution in [0.15, 0.2) is 108 Å². The van der Waals surface area contributed by atoms with Crippen molar-refractivity contribution in [3.8, 4) is 11.5 Å². The van der Waals surface area contributed by atoms with Gasteiger partial charge in [0.25, 0.3) is 0 Å². The number of carbonyl (C=O) groups is 1. The Morgan fingerprint density at radius 2 is 1.62 bits per heavy atom. The number of phenols is 1. The lowest BCUT2D eigenvalue weighted by Gasteiger charge is -2.63. The monoisotopic (exact) mass is 520 g/mol. The van der Waals surface area contributed by atoms with E-state index in [1.807, 2.05) is 36.4 Å². The van der Waals surface area contributed by atoms with Crippen molar-refractivity contribution in [2.75, 3.05) is 14.2 Å². The molecule has 0 saturated heterocycles. The van der Waals surface area contributed by atoms with Gasteiger partial charge in [-0.1, -0.05) is 84.5 Å². The molecule has 4 heteroatoms. The summed E-state index contributed by atoms with van der Waals surface area (Å²) >= 11 is 0. The second-order valence-electron chi connectivity index (χ2n) is 10.8. The highest BCUT2D eigenvalue weighted by molar-refractivity contribution is 5.98. The molecule has 39 heavy (non-hydrogen) atoms. The first-order chi connectivity index (χ1) is 18.9. The molecule has 200 valence electrons. The van der Waals surface area contributed by atoms with Crippen molar-refractivity contribution in [2.45, 2.75) is 38.5 Å². The molecule has 0 heterocycles. The number of methoxy groups -OCH3 is 2. The zero-order valence-electron chi connectivity index (χ0n) is 23.1. The van der Waals surface area contributed by atoms with Crippen molar-refractivity contribution >= 4 is 11.9 Å². The minimum absolute atomic E-state index is 0.0403. The molecule has 0 radical (unpaired) electrons. The van der Waals surface area contributed by atoms with Crippen LogP contribution in [0.25, 0.3) is 6.08 Å². The molecule has 0 unspecified atom stereocenters. The van der Waals surface area contributed by atoms with Crippen LogP contribution in [-0.4, -0.2) is 25.1 Å². The molecule has 1 fully saturated rings. The number of aromatic hydroxyl groups is 1. The molecule has 0 amide bonds. The highest BCUT2D eigenvalue weighted by Gasteiger charge is 2.66. The largest absolute Gasteiger partial charge is 0.508 e. The third-order valence-corrected chi connectivity index (χ3v) is 8.27. The van der Waals surface area contributed by atoms with Gasteiger partial charge in [-0.15, -0.1) is 0 Å². The van der Waals surface area contributed by atoms with Crippen LogP contribution in [0.2, 0.25) is 0 Å². The topological polar surface area (TPSA) is 55.8 Å². The summed E-state index contributed by atoms with van der Waals surface area (Å²) in [5.74, 6) is 1.56. The van der Waals surface area contributed by atoms with E-state index in [4.69, 9.17) is 9.47 Å². The van der Waals surface area contributed by atoms with Crippen molar-refractivity contribution in [2.24, 2.45) is 11.3 Å². The van der Waals surface area contributed by atoms with Gasteiger partial charge in [0.2, 0.25) is 0 Å². The predicted molar refractivity (Wildman–Crippen MR) is 156 cm³/mol. The standard InChI is InChI=1S/C35H36O4/c1-23(2)15-16-29-30(37)22-35(18-17-24-11-7-5-8-12-24)32(26-19-27(36)21-28(20-26)38-3)31(33(35)34(29)39-4)25-13-9-6-10-14-25/h5-15,17-21,31-33,36H,16,22H2,1-4H3/b18-17+/t31-,32-,33+,35+/m0/s1. The number of ether oxygens (including phenoxy) is 2. The normalized spacial score (nSPS) is 24.2. The van der Waals surface area contributed by atoms with Gasteiger partial charge < -0.3 is 14.6 Å². The van der Waals surface area contributed by atoms with Gasteiger partial charge in [0.1, 0.15) is 17.3 Å². The van der Waals surface area contributed by atoms with Crippen LogP contribution < -0.4 is 4.74 Å². The van der Waals surface area contributed by atoms with E-state index < -0.39 is 5.41 Å². The zero-order chi connectivity index (χ0) is 27.6. The molecule has 1 saturated carbocycles. The number of fused-ring (bicyclic) bond motifs is 1. The van der Waals surface area contributed by atoms with Crippen LogP contribution in [0.1, 0.15) is 55.2 Å². The number of hydrogen-bond donors (Lipinski definition) is 1. The second-order valence-corrected chi connectivity index (χ2v) is 10.8. The van der Waals surface area contributed by atoms with E-state index >= 15 is 0 Å². The van der Waals surface area contributed by atoms with E-state index in [0.29, 0.717) is 18.6 Å². The number of carbonyl (C=O) groups excluding carboxylic acids is 1. The fraction of sp³-hybridized carbons (Fsp3) is 0.286. The number of phenolic OH excluding ortho intramolecular Hbond substituents is 1. The first-order valence-electron chi connectivity index (χ1n) is 13.5. The predicted octanol–water partition coefficient (Wildman–Crippen LogP) is 7.83. The molecule has 3 aromatic carbocycles. The van der Waals surface area contributed by atoms with E-state index in [1.165, 1.54) is 11.1 Å². The third-order valence-electron chi connectivity index (χ3n) is 8.27. The molecule has 2 aliphatic rings. The Labute approximate surface area is 231 Å². The Hall–Kier alpha value is -4.05. The van der Waals surface area contributed by atoms with Gasteiger partial charge >= 0.3 is 0 Å². The van der Waals surface area contributed by atoms with E-state index in [0.717, 1.165) is 22.5 Å². The maximum atomic E-state index is 13.9. The molecule has 0 bridgehead atoms. The van der Waals surface area contributed by atoms with Gasteiger partial charge in [0, 0.05) is 41.2 Å². The van der Waals surface area contributed by atoms with Crippen LogP contribution in [0.3, 0.4) is 0 Å². The van der Waals surface area contributed by atoms with Gasteiger partial charge in [-0.3, -0.25) is 4.79 Å². The molecule has 0 aliphatic heterocycles. The molecule has 1 N–H and O–H groups in total. The van der Waals surface area contributed by atoms with Gasteiger partial charge in [0.15, 0.2) is 5.78 Å². The van der Waals surface area contributed by atoms with Gasteiger partial charge in [-0.2, -0.15) is 0 Å². The first kappa shape index (κ1) is 26.6. The first-order valence-corrected chi connectivity index (χ1v) is 13.5. The summed E-state index contributed by atoms with van der Waals surface area (Å²) in [6, 6.07) is 26.1. The molecule has 2 aliphatic carbocycles. The van der Waals surface area contributed by atoms with Crippen molar-refractivity contribution in [1.29, 1.82) is 0 Å². The average molecular weight is 521 g/mol. The van der Waals surface area contributed by atoms with Crippen molar-refractivity contribution in [3.63, 3.8) is 0 Å². The molecule has 5 rings (SSSR count). The number of hydrogen-bond acceptors (Lipinski definition) is 4. The lowest BCUT2D eigenvalue weighted by Crippen LogP contribution is -2.57. The van der Waals surface area contributed by atoms with Crippen LogP contribution in [-0.2, 0) is 9.53 Å². The molecular weight excluding hydrogens is 484 g/mol. The molecule has 0 aromatic heterocycles. The van der Waals surface area contributed by atoms with Gasteiger partial charge in [0.05, 0.1) is 14.2 Å². The maximum Gasteiger partial charge on any atom is 0.163 e. The third kappa shape index (κ3) is 4.92. The lowest BCUT2D eigenvalue weighted by molar-refractivity contribution is -0.125. The van der Waals surface area contributed by atoms with E-state index in [1.54, 1.807) is 20.3 Å². The molecular formula is C35H36O4. The van der Waals surface area contributed by atoms with E-state index in [-0.39, 0.29) is 29.3 Å². The van der Waals surface area contributed by atoms with Crippen LogP contribution in [0.5, 0.6) is 11.5 Å². The van der Waals surface area contributed by atoms with Crippen molar-refractivity contribution < 1.29 is 19.4 Å². The SMILES string of the molecule is COC1=C(CC=C(C)C)C(=O)C[C@@]2(/C=C/c3ccccc3)[C@@H]1[C@@H](c1ccccc1)[C@@H]2c1cc(O)cc(OC)c1. The van der Waals surface area contributed by atoms with E-state index in [9.17, 15) is 9.90 Å². The summed E-state index contributed by atoms with van der Waals surface area (Å²) in [4.78, 5) is 13.9. The Morgan fingerprint density at radius 3 is 2.26 bits per heavy atom. The van der Waals surface area contributed by atoms with Gasteiger partial charge in [-0.05, 0) is 49.1 Å². The summed E-state index contributed by atoms with van der Waals surface area (Å²) in [5.41, 5.74) is 4.61. The number of Topliss-reactive ketones (excluding diaryl/α,β-unsaturated/α-hetero) is 1. The fourth-order valence-corrected chi connectivity index (χ4v) is 6.61. The minimum Gasteiger partial charge on any atom is -0.508 e. The molecule has 3 aromatic rings. The van der Waals surface area contributed by atoms with Gasteiger partial charge in [-0.25, -0.2) is 0 Å². The van der Waals surface area contributed by atoms with Crippen LogP contribution in [0, 0.1) is 11.3 Å². The average Bonchev–Trinajstić information content (AvgIpc) is 2.93. The highest BCUT2D eigenvalue weighted by atomic mass is 16.5. The Bertz CT molecular complexity index is 1430. The number of benzene rings is 3. The summed E-state index contributed by atoms with van der Waals surface area (Å²) < 4.78 is 11.7. The van der Waals surface area contributed by atoms with Crippen LogP contribution >= 0.6 is 0 Å². The fourth-order valence-electron chi connectivity index (χ4n) is 6.61.